The number of benzene rings is 1. The quantitative estimate of drug-likeness (QED) is 0.733. The average molecular weight is 281 g/mol. The number of hydrogen-bond acceptors (Lipinski definition) is 4. The van der Waals surface area contributed by atoms with E-state index in [4.69, 9.17) is 5.26 Å². The van der Waals surface area contributed by atoms with Gasteiger partial charge in [-0.05, 0) is 18.1 Å². The summed E-state index contributed by atoms with van der Waals surface area (Å²) in [6, 6.07) is 9.48. The van der Waals surface area contributed by atoms with Gasteiger partial charge in [0.15, 0.2) is 11.5 Å². The maximum Gasteiger partial charge on any atom is 0.352 e. The topological polar surface area (TPSA) is 76.0 Å². The second-order valence-corrected chi connectivity index (χ2v) is 5.41. The van der Waals surface area contributed by atoms with Crippen LogP contribution >= 0.6 is 0 Å². The van der Waals surface area contributed by atoms with Crippen LogP contribution in [-0.2, 0) is 13.0 Å². The molecule has 3 rings (SSSR count). The lowest BCUT2D eigenvalue weighted by molar-refractivity contribution is 0.616. The molecule has 2 aromatic heterocycles. The van der Waals surface area contributed by atoms with Crippen LogP contribution < -0.4 is 5.69 Å². The summed E-state index contributed by atoms with van der Waals surface area (Å²) in [4.78, 5) is 17.0. The predicted octanol–water partition coefficient (Wildman–Crippen LogP) is 1.77. The molecule has 0 unspecified atom stereocenters. The van der Waals surface area contributed by atoms with Crippen LogP contribution in [0, 0.1) is 17.2 Å². The van der Waals surface area contributed by atoms with Gasteiger partial charge in [-0.25, -0.2) is 9.78 Å². The van der Waals surface area contributed by atoms with Gasteiger partial charge >= 0.3 is 5.69 Å². The van der Waals surface area contributed by atoms with E-state index in [0.717, 1.165) is 5.39 Å². The molecule has 106 valence electrons. The number of nitriles is 1. The minimum absolute atomic E-state index is 0.00530. The van der Waals surface area contributed by atoms with Gasteiger partial charge in [-0.1, -0.05) is 26.0 Å². The fourth-order valence-electron chi connectivity index (χ4n) is 2.45. The number of rotatable bonds is 3. The average Bonchev–Trinajstić information content (AvgIpc) is 2.87. The molecule has 1 aromatic carbocycles. The highest BCUT2D eigenvalue weighted by Gasteiger charge is 2.14. The summed E-state index contributed by atoms with van der Waals surface area (Å²) in [5.74, 6) is 1.07. The molecule has 0 N–H and O–H groups in total. The molecule has 6 nitrogen and oxygen atoms in total. The molecule has 0 saturated heterocycles. The lowest BCUT2D eigenvalue weighted by Gasteiger charge is -2.06. The first kappa shape index (κ1) is 13.3. The van der Waals surface area contributed by atoms with Crippen molar-refractivity contribution < 1.29 is 0 Å². The van der Waals surface area contributed by atoms with Crippen molar-refractivity contribution in [3.63, 3.8) is 0 Å². The molecule has 0 amide bonds. The van der Waals surface area contributed by atoms with E-state index in [-0.39, 0.29) is 12.2 Å². The SMILES string of the molecule is CC(C)Cc1nc2c3ccccc3n(CC#N)c(=O)n2n1. The Morgan fingerprint density at radius 1 is 1.33 bits per heavy atom. The summed E-state index contributed by atoms with van der Waals surface area (Å²) >= 11 is 0. The molecule has 21 heavy (non-hydrogen) atoms. The maximum absolute atomic E-state index is 12.5. The van der Waals surface area contributed by atoms with Crippen molar-refractivity contribution in [2.24, 2.45) is 5.92 Å². The monoisotopic (exact) mass is 281 g/mol. The Hall–Kier alpha value is -2.68. The normalized spacial score (nSPS) is 11.3. The highest BCUT2D eigenvalue weighted by molar-refractivity contribution is 5.91. The van der Waals surface area contributed by atoms with Crippen molar-refractivity contribution in [3.8, 4) is 6.07 Å². The van der Waals surface area contributed by atoms with Crippen LogP contribution in [0.3, 0.4) is 0 Å². The Balaban J connectivity index is 2.39. The van der Waals surface area contributed by atoms with Gasteiger partial charge < -0.3 is 0 Å². The van der Waals surface area contributed by atoms with Crippen molar-refractivity contribution in [1.82, 2.24) is 19.2 Å². The van der Waals surface area contributed by atoms with E-state index in [1.807, 2.05) is 30.3 Å². The van der Waals surface area contributed by atoms with E-state index in [0.29, 0.717) is 29.3 Å². The van der Waals surface area contributed by atoms with Crippen molar-refractivity contribution in [3.05, 3.63) is 40.6 Å². The van der Waals surface area contributed by atoms with Gasteiger partial charge in [0.05, 0.1) is 11.6 Å². The number of fused-ring (bicyclic) bond motifs is 3. The first-order valence-corrected chi connectivity index (χ1v) is 6.86. The number of nitrogens with zero attached hydrogens (tertiary/aromatic N) is 5. The first-order chi connectivity index (χ1) is 10.1. The van der Waals surface area contributed by atoms with Crippen LogP contribution in [-0.4, -0.2) is 19.2 Å². The molecule has 0 atom stereocenters. The second-order valence-electron chi connectivity index (χ2n) is 5.41. The van der Waals surface area contributed by atoms with Crippen molar-refractivity contribution in [2.45, 2.75) is 26.8 Å². The molecule has 0 bridgehead atoms. The third kappa shape index (κ3) is 2.17. The maximum atomic E-state index is 12.5. The summed E-state index contributed by atoms with van der Waals surface area (Å²) < 4.78 is 2.73. The highest BCUT2D eigenvalue weighted by Crippen LogP contribution is 2.17. The molecule has 3 aromatic rings. The fraction of sp³-hybridized carbons (Fsp3) is 0.333. The molecular weight excluding hydrogens is 266 g/mol. The lowest BCUT2D eigenvalue weighted by atomic mass is 10.1. The summed E-state index contributed by atoms with van der Waals surface area (Å²) in [7, 11) is 0. The minimum atomic E-state index is -0.326. The Labute approximate surface area is 121 Å². The molecule has 2 heterocycles. The Bertz CT molecular complexity index is 913. The molecule has 0 spiro atoms. The van der Waals surface area contributed by atoms with Crippen LogP contribution in [0.2, 0.25) is 0 Å². The zero-order valence-electron chi connectivity index (χ0n) is 11.9. The summed E-state index contributed by atoms with van der Waals surface area (Å²) in [6.45, 7) is 4.16. The van der Waals surface area contributed by atoms with E-state index in [2.05, 4.69) is 23.9 Å². The van der Waals surface area contributed by atoms with Crippen molar-refractivity contribution in [1.29, 1.82) is 5.26 Å². The molecule has 0 radical (unpaired) electrons. The van der Waals surface area contributed by atoms with Gasteiger partial charge in [0, 0.05) is 11.8 Å². The van der Waals surface area contributed by atoms with Crippen LogP contribution in [0.25, 0.3) is 16.6 Å². The molecule has 0 aliphatic carbocycles. The van der Waals surface area contributed by atoms with Gasteiger partial charge in [-0.15, -0.1) is 5.10 Å². The van der Waals surface area contributed by atoms with E-state index in [1.165, 1.54) is 9.08 Å². The molecule has 0 saturated carbocycles. The third-order valence-electron chi connectivity index (χ3n) is 3.32. The van der Waals surface area contributed by atoms with Crippen LogP contribution in [0.4, 0.5) is 0 Å². The van der Waals surface area contributed by atoms with Crippen LogP contribution in [0.15, 0.2) is 29.1 Å². The smallest absolute Gasteiger partial charge is 0.278 e. The largest absolute Gasteiger partial charge is 0.352 e. The Morgan fingerprint density at radius 3 is 2.81 bits per heavy atom. The van der Waals surface area contributed by atoms with Gasteiger partial charge in [0.1, 0.15) is 6.54 Å². The second kappa shape index (κ2) is 5.02. The fourth-order valence-corrected chi connectivity index (χ4v) is 2.45. The number of hydrogen-bond donors (Lipinski definition) is 0. The van der Waals surface area contributed by atoms with Gasteiger partial charge in [-0.2, -0.15) is 9.78 Å². The van der Waals surface area contributed by atoms with Crippen LogP contribution in [0.5, 0.6) is 0 Å². The van der Waals surface area contributed by atoms with Gasteiger partial charge in [0.2, 0.25) is 0 Å². The molecule has 0 aliphatic rings. The first-order valence-electron chi connectivity index (χ1n) is 6.86. The van der Waals surface area contributed by atoms with Gasteiger partial charge in [0.25, 0.3) is 0 Å². The molecule has 0 fully saturated rings. The van der Waals surface area contributed by atoms with E-state index >= 15 is 0 Å². The molecule has 0 aliphatic heterocycles. The summed E-state index contributed by atoms with van der Waals surface area (Å²) in [5, 5.41) is 14.1. The Morgan fingerprint density at radius 2 is 2.10 bits per heavy atom. The molecular formula is C15H15N5O. The van der Waals surface area contributed by atoms with E-state index in [1.54, 1.807) is 0 Å². The van der Waals surface area contributed by atoms with Gasteiger partial charge in [-0.3, -0.25) is 4.57 Å². The van der Waals surface area contributed by atoms with Crippen molar-refractivity contribution in [2.75, 3.05) is 0 Å². The lowest BCUT2D eigenvalue weighted by Crippen LogP contribution is -2.27. The van der Waals surface area contributed by atoms with E-state index < -0.39 is 0 Å². The van der Waals surface area contributed by atoms with E-state index in [9.17, 15) is 4.79 Å². The minimum Gasteiger partial charge on any atom is -0.278 e. The summed E-state index contributed by atoms with van der Waals surface area (Å²) in [5.41, 5.74) is 0.938. The summed E-state index contributed by atoms with van der Waals surface area (Å²) in [6.07, 6.45) is 0.716. The van der Waals surface area contributed by atoms with Crippen molar-refractivity contribution >= 4 is 16.6 Å². The standard InChI is InChI=1S/C15H15N5O/c1-10(2)9-13-17-14-11-5-3-4-6-12(11)19(8-7-16)15(21)20(14)18-13/h3-6,10H,8-9H2,1-2H3. The number of para-hydroxylation sites is 1. The zero-order chi connectivity index (χ0) is 15.0. The van der Waals surface area contributed by atoms with Crippen LogP contribution in [0.1, 0.15) is 19.7 Å². The predicted molar refractivity (Wildman–Crippen MR) is 78.9 cm³/mol. The molecule has 6 heteroatoms. The highest BCUT2D eigenvalue weighted by atomic mass is 16.2. The zero-order valence-corrected chi connectivity index (χ0v) is 11.9. The third-order valence-corrected chi connectivity index (χ3v) is 3.32. The Kier molecular flexibility index (Phi) is 3.18. The number of aromatic nitrogens is 4.